The smallest absolute Gasteiger partial charge is 0.165 e. The molecule has 2 atom stereocenters. The molecule has 2 heterocycles. The van der Waals surface area contributed by atoms with E-state index in [9.17, 15) is 5.11 Å². The van der Waals surface area contributed by atoms with Gasteiger partial charge in [-0.2, -0.15) is 0 Å². The van der Waals surface area contributed by atoms with Gasteiger partial charge in [-0.25, -0.2) is 5.01 Å². The topological polar surface area (TPSA) is 26.7 Å². The van der Waals surface area contributed by atoms with Crippen molar-refractivity contribution in [1.29, 1.82) is 0 Å². The number of thiocarbonyl (C=S) groups is 1. The summed E-state index contributed by atoms with van der Waals surface area (Å²) in [5.41, 5.74) is -0.676. The zero-order chi connectivity index (χ0) is 11.2. The molecule has 0 radical (unpaired) electrons. The van der Waals surface area contributed by atoms with Crippen LogP contribution in [0.1, 0.15) is 38.5 Å². The van der Waals surface area contributed by atoms with Gasteiger partial charge in [0.1, 0.15) is 0 Å². The average molecular weight is 258 g/mol. The average Bonchev–Trinajstić information content (AvgIpc) is 2.82. The fourth-order valence-corrected chi connectivity index (χ4v) is 5.02. The zero-order valence-corrected chi connectivity index (χ0v) is 11.0. The van der Waals surface area contributed by atoms with Crippen LogP contribution in [0, 0.1) is 0 Å². The van der Waals surface area contributed by atoms with Crippen LogP contribution in [0.4, 0.5) is 0 Å². The van der Waals surface area contributed by atoms with Crippen LogP contribution in [-0.2, 0) is 0 Å². The van der Waals surface area contributed by atoms with Crippen molar-refractivity contribution < 1.29 is 5.11 Å². The van der Waals surface area contributed by atoms with Gasteiger partial charge in [-0.15, -0.1) is 0 Å². The maximum Gasteiger partial charge on any atom is 0.165 e. The minimum absolute atomic E-state index is 0.300. The molecule has 0 aromatic rings. The van der Waals surface area contributed by atoms with E-state index in [1.165, 1.54) is 19.3 Å². The molecule has 0 bridgehead atoms. The third-order valence-corrected chi connectivity index (χ3v) is 5.66. The molecule has 16 heavy (non-hydrogen) atoms. The van der Waals surface area contributed by atoms with Crippen LogP contribution in [0.3, 0.4) is 0 Å². The molecule has 3 nitrogen and oxygen atoms in total. The second-order valence-electron chi connectivity index (χ2n) is 4.97. The largest absolute Gasteiger partial charge is 0.368 e. The number of hydrogen-bond donors (Lipinski definition) is 1. The first-order valence-corrected chi connectivity index (χ1v) is 7.49. The van der Waals surface area contributed by atoms with Gasteiger partial charge in [0, 0.05) is 13.1 Å². The van der Waals surface area contributed by atoms with E-state index in [-0.39, 0.29) is 0 Å². The molecular weight excluding hydrogens is 240 g/mol. The zero-order valence-electron chi connectivity index (χ0n) is 9.39. The molecule has 0 spiro atoms. The number of hydrazine groups is 1. The molecule has 3 rings (SSSR count). The number of rotatable bonds is 1. The Bertz CT molecular complexity index is 306. The minimum Gasteiger partial charge on any atom is -0.368 e. The molecule has 2 aliphatic heterocycles. The summed E-state index contributed by atoms with van der Waals surface area (Å²) in [5, 5.41) is 15.5. The molecule has 0 unspecified atom stereocenters. The number of nitrogens with zero attached hydrogens (tertiary/aromatic N) is 2. The summed E-state index contributed by atoms with van der Waals surface area (Å²) in [6, 6.07) is 0. The van der Waals surface area contributed by atoms with Crippen LogP contribution >= 0.6 is 24.0 Å². The molecule has 5 heteroatoms. The molecule has 0 amide bonds. The third-order valence-electron chi connectivity index (χ3n) is 3.92. The van der Waals surface area contributed by atoms with Gasteiger partial charge in [0.05, 0.1) is 5.25 Å². The van der Waals surface area contributed by atoms with Gasteiger partial charge in [-0.05, 0) is 32.1 Å². The van der Waals surface area contributed by atoms with Crippen LogP contribution in [0.25, 0.3) is 0 Å². The summed E-state index contributed by atoms with van der Waals surface area (Å²) in [6.45, 7) is 2.10. The number of fused-ring (bicyclic) bond motifs is 1. The number of aliphatic hydroxyl groups is 1. The van der Waals surface area contributed by atoms with Crippen molar-refractivity contribution in [2.24, 2.45) is 0 Å². The second kappa shape index (κ2) is 4.12. The molecule has 0 aromatic carbocycles. The molecular formula is C11H18N2OS2. The second-order valence-corrected chi connectivity index (χ2v) is 6.81. The maximum atomic E-state index is 10.9. The molecule has 90 valence electrons. The van der Waals surface area contributed by atoms with Gasteiger partial charge in [0.2, 0.25) is 0 Å². The van der Waals surface area contributed by atoms with Gasteiger partial charge in [-0.3, -0.25) is 5.01 Å². The van der Waals surface area contributed by atoms with Crippen LogP contribution in [-0.4, -0.2) is 43.5 Å². The van der Waals surface area contributed by atoms with Crippen molar-refractivity contribution >= 4 is 28.3 Å². The van der Waals surface area contributed by atoms with Gasteiger partial charge in [0.15, 0.2) is 10.0 Å². The van der Waals surface area contributed by atoms with E-state index in [0.29, 0.717) is 5.25 Å². The molecule has 1 saturated carbocycles. The quantitative estimate of drug-likeness (QED) is 0.726. The van der Waals surface area contributed by atoms with Gasteiger partial charge >= 0.3 is 0 Å². The highest BCUT2D eigenvalue weighted by atomic mass is 32.2. The molecule has 2 saturated heterocycles. The van der Waals surface area contributed by atoms with E-state index in [4.69, 9.17) is 12.2 Å². The third kappa shape index (κ3) is 1.60. The summed E-state index contributed by atoms with van der Waals surface area (Å²) in [7, 11) is 0. The predicted molar refractivity (Wildman–Crippen MR) is 70.0 cm³/mol. The van der Waals surface area contributed by atoms with Crippen molar-refractivity contribution in [3.8, 4) is 0 Å². The van der Waals surface area contributed by atoms with E-state index in [1.807, 2.05) is 5.01 Å². The minimum atomic E-state index is -0.676. The van der Waals surface area contributed by atoms with E-state index < -0.39 is 5.72 Å². The predicted octanol–water partition coefficient (Wildman–Crippen LogP) is 1.96. The van der Waals surface area contributed by atoms with Crippen LogP contribution in [0.2, 0.25) is 0 Å². The summed E-state index contributed by atoms with van der Waals surface area (Å²) >= 11 is 7.16. The lowest BCUT2D eigenvalue weighted by molar-refractivity contribution is -0.164. The first-order chi connectivity index (χ1) is 7.72. The first-order valence-electron chi connectivity index (χ1n) is 6.20. The Hall–Kier alpha value is 0.160. The lowest BCUT2D eigenvalue weighted by Crippen LogP contribution is -2.58. The lowest BCUT2D eigenvalue weighted by atomic mass is 9.91. The molecule has 1 N–H and O–H groups in total. The summed E-state index contributed by atoms with van der Waals surface area (Å²) in [4.78, 5) is 0. The molecule has 0 aromatic heterocycles. The summed E-state index contributed by atoms with van der Waals surface area (Å²) in [6.07, 6.45) is 6.79. The summed E-state index contributed by atoms with van der Waals surface area (Å²) < 4.78 is 0.885. The van der Waals surface area contributed by atoms with Crippen molar-refractivity contribution in [2.45, 2.75) is 49.5 Å². The molecule has 3 aliphatic rings. The fourth-order valence-electron chi connectivity index (χ4n) is 3.09. The van der Waals surface area contributed by atoms with E-state index in [2.05, 4.69) is 5.01 Å². The highest BCUT2D eigenvalue weighted by Crippen LogP contribution is 2.47. The van der Waals surface area contributed by atoms with Crippen molar-refractivity contribution in [3.05, 3.63) is 0 Å². The Kier molecular flexibility index (Phi) is 2.90. The Balaban J connectivity index is 1.87. The normalized spacial score (nSPS) is 40.4. The van der Waals surface area contributed by atoms with Gasteiger partial charge in [0.25, 0.3) is 0 Å². The lowest BCUT2D eigenvalue weighted by Gasteiger charge is -2.44. The maximum absolute atomic E-state index is 10.9. The van der Waals surface area contributed by atoms with E-state index in [0.717, 1.165) is 36.7 Å². The van der Waals surface area contributed by atoms with Gasteiger partial charge in [-0.1, -0.05) is 30.4 Å². The van der Waals surface area contributed by atoms with Crippen LogP contribution in [0.5, 0.6) is 0 Å². The van der Waals surface area contributed by atoms with E-state index in [1.54, 1.807) is 11.8 Å². The Morgan fingerprint density at radius 1 is 1.25 bits per heavy atom. The van der Waals surface area contributed by atoms with Crippen LogP contribution < -0.4 is 0 Å². The fraction of sp³-hybridized carbons (Fsp3) is 0.909. The highest BCUT2D eigenvalue weighted by Gasteiger charge is 2.54. The molecule has 3 fully saturated rings. The number of hydrogen-bond acceptors (Lipinski definition) is 4. The van der Waals surface area contributed by atoms with Crippen molar-refractivity contribution in [2.75, 3.05) is 13.1 Å². The van der Waals surface area contributed by atoms with E-state index >= 15 is 0 Å². The monoisotopic (exact) mass is 258 g/mol. The first kappa shape index (κ1) is 11.3. The standard InChI is InChI=1S/C11H18N2OS2/c14-11-6-2-1-5-9(11)16-10(15)13(11)12-7-3-4-8-12/h9,14H,1-8H2/t9-,11-/m0/s1. The number of thioether (sulfide) groups is 1. The van der Waals surface area contributed by atoms with Crippen molar-refractivity contribution in [1.82, 2.24) is 10.0 Å². The van der Waals surface area contributed by atoms with Gasteiger partial charge < -0.3 is 5.11 Å². The Morgan fingerprint density at radius 2 is 2.00 bits per heavy atom. The van der Waals surface area contributed by atoms with Crippen LogP contribution in [0.15, 0.2) is 0 Å². The highest BCUT2D eigenvalue weighted by molar-refractivity contribution is 8.23. The van der Waals surface area contributed by atoms with Crippen molar-refractivity contribution in [3.63, 3.8) is 0 Å². The Labute approximate surface area is 106 Å². The summed E-state index contributed by atoms with van der Waals surface area (Å²) in [5.74, 6) is 0. The SMILES string of the molecule is O[C@@]12CCCC[C@@H]1SC(=S)N2N1CCCC1. The molecule has 1 aliphatic carbocycles. The Morgan fingerprint density at radius 3 is 2.75 bits per heavy atom.